The first-order valence-corrected chi connectivity index (χ1v) is 13.7. The average Bonchev–Trinajstić information content (AvgIpc) is 2.91. The van der Waals surface area contributed by atoms with Crippen molar-refractivity contribution in [2.45, 2.75) is 24.8 Å². The van der Waals surface area contributed by atoms with Crippen molar-refractivity contribution < 1.29 is 27.5 Å². The van der Waals surface area contributed by atoms with Gasteiger partial charge in [0, 0.05) is 6.04 Å². The van der Waals surface area contributed by atoms with E-state index in [0.717, 1.165) is 4.31 Å². The van der Waals surface area contributed by atoms with Gasteiger partial charge in [-0.15, -0.1) is 0 Å². The molecule has 2 amide bonds. The smallest absolute Gasteiger partial charge is 0.264 e. The number of rotatable bonds is 12. The monoisotopic (exact) mass is 572 g/mol. The van der Waals surface area contributed by atoms with Crippen molar-refractivity contribution in [1.29, 1.82) is 0 Å². The molecule has 0 radical (unpaired) electrons. The number of carbonyl (C=O) groups is 2. The van der Waals surface area contributed by atoms with Crippen molar-refractivity contribution in [1.82, 2.24) is 10.7 Å². The second-order valence-corrected chi connectivity index (χ2v) is 10.8. The van der Waals surface area contributed by atoms with Crippen molar-refractivity contribution in [2.24, 2.45) is 5.10 Å². The number of methoxy groups -OCH3 is 1. The van der Waals surface area contributed by atoms with E-state index >= 15 is 0 Å². The maximum absolute atomic E-state index is 13.4. The van der Waals surface area contributed by atoms with Crippen molar-refractivity contribution in [3.05, 3.63) is 83.4 Å². The summed E-state index contributed by atoms with van der Waals surface area (Å²) in [4.78, 5) is 24.5. The van der Waals surface area contributed by atoms with Crippen LogP contribution >= 0.6 is 11.6 Å². The number of carbonyl (C=O) groups excluding carboxylic acids is 2. The van der Waals surface area contributed by atoms with E-state index < -0.39 is 22.5 Å². The number of anilines is 1. The Hall–Kier alpha value is -4.09. The van der Waals surface area contributed by atoms with Crippen molar-refractivity contribution in [3.8, 4) is 11.5 Å². The average molecular weight is 573 g/mol. The van der Waals surface area contributed by atoms with Gasteiger partial charge in [-0.25, -0.2) is 13.8 Å². The summed E-state index contributed by atoms with van der Waals surface area (Å²) in [5.74, 6) is -0.0378. The molecule has 0 fully saturated rings. The maximum Gasteiger partial charge on any atom is 0.264 e. The quantitative estimate of drug-likeness (QED) is 0.252. The van der Waals surface area contributed by atoms with Gasteiger partial charge in [-0.1, -0.05) is 29.8 Å². The third-order valence-electron chi connectivity index (χ3n) is 5.14. The number of benzene rings is 3. The number of amides is 2. The molecule has 0 saturated carbocycles. The number of nitrogens with zero attached hydrogens (tertiary/aromatic N) is 2. The summed E-state index contributed by atoms with van der Waals surface area (Å²) in [6.45, 7) is 3.06. The molecule has 0 unspecified atom stereocenters. The largest absolute Gasteiger partial charge is 0.495 e. The Morgan fingerprint density at radius 1 is 1.03 bits per heavy atom. The molecule has 0 aliphatic heterocycles. The molecule has 0 spiro atoms. The van der Waals surface area contributed by atoms with Crippen LogP contribution in [0.25, 0.3) is 0 Å². The van der Waals surface area contributed by atoms with E-state index in [1.807, 2.05) is 13.8 Å². The minimum Gasteiger partial charge on any atom is -0.495 e. The van der Waals surface area contributed by atoms with Crippen LogP contribution in [0.1, 0.15) is 19.4 Å². The Balaban J connectivity index is 1.69. The van der Waals surface area contributed by atoms with E-state index in [1.165, 1.54) is 43.7 Å². The lowest BCUT2D eigenvalue weighted by Crippen LogP contribution is -2.39. The first kappa shape index (κ1) is 29.5. The molecule has 0 atom stereocenters. The first-order chi connectivity index (χ1) is 18.6. The van der Waals surface area contributed by atoms with Gasteiger partial charge < -0.3 is 14.8 Å². The highest BCUT2D eigenvalue weighted by atomic mass is 35.5. The fraction of sp³-hybridized carbons (Fsp3) is 0.222. The van der Waals surface area contributed by atoms with Crippen LogP contribution in [0.15, 0.2) is 82.8 Å². The van der Waals surface area contributed by atoms with Gasteiger partial charge in [0.25, 0.3) is 21.8 Å². The molecule has 3 aromatic rings. The first-order valence-electron chi connectivity index (χ1n) is 11.9. The summed E-state index contributed by atoms with van der Waals surface area (Å²) < 4.78 is 38.3. The molecule has 206 valence electrons. The molecule has 0 aliphatic rings. The fourth-order valence-electron chi connectivity index (χ4n) is 3.35. The summed E-state index contributed by atoms with van der Waals surface area (Å²) in [6, 6.07) is 18.9. The number of hydrazone groups is 1. The summed E-state index contributed by atoms with van der Waals surface area (Å²) in [5, 5.41) is 6.85. The molecule has 39 heavy (non-hydrogen) atoms. The van der Waals surface area contributed by atoms with Crippen molar-refractivity contribution in [3.63, 3.8) is 0 Å². The standard InChI is InChI=1S/C27H29ClN4O6S/c1-19(2)30-27(34)18-38-22-12-9-20(10-13-22)16-29-31-26(33)17-32(21-11-14-25(37-3)24(28)15-21)39(35,36)23-7-5-4-6-8-23/h4-16,19H,17-18H2,1-3H3,(H,30,34)(H,31,33)/b29-16-. The van der Waals surface area contributed by atoms with E-state index in [4.69, 9.17) is 21.1 Å². The van der Waals surface area contributed by atoms with Gasteiger partial charge in [-0.05, 0) is 74.0 Å². The fourth-order valence-corrected chi connectivity index (χ4v) is 5.04. The third kappa shape index (κ3) is 8.45. The van der Waals surface area contributed by atoms with Gasteiger partial charge in [0.05, 0.1) is 28.9 Å². The molecule has 2 N–H and O–H groups in total. The van der Waals surface area contributed by atoms with Crippen LogP contribution in [0.4, 0.5) is 5.69 Å². The second-order valence-electron chi connectivity index (χ2n) is 8.52. The van der Waals surface area contributed by atoms with Crippen LogP contribution in [0, 0.1) is 0 Å². The van der Waals surface area contributed by atoms with E-state index in [0.29, 0.717) is 17.1 Å². The van der Waals surface area contributed by atoms with Crippen molar-refractivity contribution in [2.75, 3.05) is 24.6 Å². The normalized spacial score (nSPS) is 11.3. The van der Waals surface area contributed by atoms with Crippen LogP contribution in [0.2, 0.25) is 5.02 Å². The minimum absolute atomic E-state index is 0.0113. The lowest BCUT2D eigenvalue weighted by Gasteiger charge is -2.24. The number of ether oxygens (including phenoxy) is 2. The third-order valence-corrected chi connectivity index (χ3v) is 7.23. The van der Waals surface area contributed by atoms with Crippen LogP contribution in [0.3, 0.4) is 0 Å². The lowest BCUT2D eigenvalue weighted by atomic mass is 10.2. The topological polar surface area (TPSA) is 126 Å². The summed E-state index contributed by atoms with van der Waals surface area (Å²) in [6.07, 6.45) is 1.40. The lowest BCUT2D eigenvalue weighted by molar-refractivity contribution is -0.123. The molecule has 12 heteroatoms. The van der Waals surface area contributed by atoms with E-state index in [-0.39, 0.29) is 34.2 Å². The molecule has 3 rings (SSSR count). The Morgan fingerprint density at radius 3 is 2.33 bits per heavy atom. The molecular weight excluding hydrogens is 544 g/mol. The van der Waals surface area contributed by atoms with Crippen LogP contribution in [-0.4, -0.2) is 52.8 Å². The van der Waals surface area contributed by atoms with Gasteiger partial charge in [0.2, 0.25) is 0 Å². The number of nitrogens with one attached hydrogen (secondary N) is 2. The summed E-state index contributed by atoms with van der Waals surface area (Å²) in [7, 11) is -2.66. The zero-order chi connectivity index (χ0) is 28.4. The number of sulfonamides is 1. The molecule has 0 heterocycles. The number of halogens is 1. The molecule has 0 aliphatic carbocycles. The zero-order valence-corrected chi connectivity index (χ0v) is 23.2. The molecule has 3 aromatic carbocycles. The molecule has 0 aromatic heterocycles. The predicted molar refractivity (Wildman–Crippen MR) is 150 cm³/mol. The summed E-state index contributed by atoms with van der Waals surface area (Å²) in [5.41, 5.74) is 3.17. The van der Waals surface area contributed by atoms with Gasteiger partial charge >= 0.3 is 0 Å². The van der Waals surface area contributed by atoms with Gasteiger partial charge in [0.15, 0.2) is 6.61 Å². The Labute approximate surface area is 232 Å². The van der Waals surface area contributed by atoms with Gasteiger partial charge in [-0.2, -0.15) is 5.10 Å². The van der Waals surface area contributed by atoms with E-state index in [1.54, 1.807) is 42.5 Å². The van der Waals surface area contributed by atoms with Crippen LogP contribution < -0.4 is 24.5 Å². The highest BCUT2D eigenvalue weighted by Gasteiger charge is 2.27. The highest BCUT2D eigenvalue weighted by Crippen LogP contribution is 2.31. The molecule has 0 saturated heterocycles. The SMILES string of the molecule is COc1ccc(N(CC(=O)N/N=C\c2ccc(OCC(=O)NC(C)C)cc2)S(=O)(=O)c2ccccc2)cc1Cl. The Morgan fingerprint density at radius 2 is 1.72 bits per heavy atom. The van der Waals surface area contributed by atoms with Gasteiger partial charge in [-0.3, -0.25) is 13.9 Å². The Bertz CT molecular complexity index is 1410. The van der Waals surface area contributed by atoms with Crippen LogP contribution in [0.5, 0.6) is 11.5 Å². The van der Waals surface area contributed by atoms with Crippen molar-refractivity contribution >= 4 is 45.3 Å². The molecule has 0 bridgehead atoms. The summed E-state index contributed by atoms with van der Waals surface area (Å²) >= 11 is 6.22. The van der Waals surface area contributed by atoms with E-state index in [9.17, 15) is 18.0 Å². The zero-order valence-electron chi connectivity index (χ0n) is 21.6. The minimum atomic E-state index is -4.11. The maximum atomic E-state index is 13.4. The molecular formula is C27H29ClN4O6S. The van der Waals surface area contributed by atoms with E-state index in [2.05, 4.69) is 15.8 Å². The Kier molecular flexibility index (Phi) is 10.3. The second kappa shape index (κ2) is 13.6. The molecule has 10 nitrogen and oxygen atoms in total. The highest BCUT2D eigenvalue weighted by molar-refractivity contribution is 7.92. The predicted octanol–water partition coefficient (Wildman–Crippen LogP) is 3.60. The van der Waals surface area contributed by atoms with Gasteiger partial charge in [0.1, 0.15) is 18.0 Å². The number of hydrogen-bond acceptors (Lipinski definition) is 7. The number of hydrogen-bond donors (Lipinski definition) is 2. The van der Waals surface area contributed by atoms with Crippen LogP contribution in [-0.2, 0) is 19.6 Å².